The highest BCUT2D eigenvalue weighted by atomic mass is 35.5. The summed E-state index contributed by atoms with van der Waals surface area (Å²) in [6, 6.07) is 2.29. The normalized spacial score (nSPS) is 12.8. The van der Waals surface area contributed by atoms with E-state index in [0.29, 0.717) is 0 Å². The lowest BCUT2D eigenvalue weighted by molar-refractivity contribution is -0.138. The Labute approximate surface area is 155 Å². The lowest BCUT2D eigenvalue weighted by Gasteiger charge is -2.16. The number of nitrogens with one attached hydrogen (secondary N) is 1. The van der Waals surface area contributed by atoms with E-state index < -0.39 is 41.0 Å². The maximum atomic E-state index is 14.0. The van der Waals surface area contributed by atoms with Crippen molar-refractivity contribution in [2.24, 2.45) is 0 Å². The van der Waals surface area contributed by atoms with Crippen molar-refractivity contribution < 1.29 is 36.2 Å². The van der Waals surface area contributed by atoms with Crippen LogP contribution < -0.4 is 10.1 Å². The van der Waals surface area contributed by atoms with E-state index in [4.69, 9.17) is 16.3 Å². The van der Waals surface area contributed by atoms with Crippen LogP contribution in [-0.2, 0) is 6.18 Å². The molecular formula is C17H14ClF6NO2. The molecule has 2 N–H and O–H groups in total. The van der Waals surface area contributed by atoms with Gasteiger partial charge in [0, 0.05) is 12.6 Å². The molecule has 0 fully saturated rings. The minimum Gasteiger partial charge on any atom is -0.451 e. The van der Waals surface area contributed by atoms with Crippen molar-refractivity contribution >= 4 is 17.3 Å². The molecule has 0 aromatic heterocycles. The number of hydrogen-bond donors (Lipinski definition) is 2. The fourth-order valence-corrected chi connectivity index (χ4v) is 2.22. The highest BCUT2D eigenvalue weighted by molar-refractivity contribution is 6.18. The van der Waals surface area contributed by atoms with E-state index in [9.17, 15) is 31.4 Å². The van der Waals surface area contributed by atoms with Crippen LogP contribution in [0.5, 0.6) is 11.5 Å². The SMILES string of the molecule is Cc1cc(F)c(NCC(O)CCl)cc1Oc1c(F)cc(C(F)(F)F)cc1F. The van der Waals surface area contributed by atoms with Crippen LogP contribution in [0.2, 0.25) is 0 Å². The number of ether oxygens (including phenoxy) is 1. The number of hydrogen-bond acceptors (Lipinski definition) is 3. The van der Waals surface area contributed by atoms with Crippen LogP contribution in [0.1, 0.15) is 11.1 Å². The molecule has 0 amide bonds. The lowest BCUT2D eigenvalue weighted by Crippen LogP contribution is -2.21. The molecule has 27 heavy (non-hydrogen) atoms. The number of rotatable bonds is 6. The first-order valence-electron chi connectivity index (χ1n) is 7.55. The van der Waals surface area contributed by atoms with Crippen molar-refractivity contribution in [3.63, 3.8) is 0 Å². The lowest BCUT2D eigenvalue weighted by atomic mass is 10.1. The van der Waals surface area contributed by atoms with Gasteiger partial charge in [-0.05, 0) is 30.7 Å². The first-order chi connectivity index (χ1) is 12.5. The largest absolute Gasteiger partial charge is 0.451 e. The summed E-state index contributed by atoms with van der Waals surface area (Å²) in [7, 11) is 0. The fourth-order valence-electron chi connectivity index (χ4n) is 2.11. The number of benzene rings is 2. The van der Waals surface area contributed by atoms with E-state index in [0.717, 1.165) is 12.1 Å². The Morgan fingerprint density at radius 1 is 1.07 bits per heavy atom. The summed E-state index contributed by atoms with van der Waals surface area (Å²) in [5.41, 5.74) is -1.50. The Morgan fingerprint density at radius 3 is 2.19 bits per heavy atom. The summed E-state index contributed by atoms with van der Waals surface area (Å²) < 4.78 is 84.7. The van der Waals surface area contributed by atoms with Crippen LogP contribution >= 0.6 is 11.6 Å². The van der Waals surface area contributed by atoms with Gasteiger partial charge in [-0.2, -0.15) is 13.2 Å². The fraction of sp³-hybridized carbons (Fsp3) is 0.294. The van der Waals surface area contributed by atoms with Crippen LogP contribution in [0.4, 0.5) is 32.0 Å². The molecule has 0 aliphatic rings. The Hall–Kier alpha value is -2.13. The van der Waals surface area contributed by atoms with Gasteiger partial charge in [-0.1, -0.05) is 0 Å². The predicted octanol–water partition coefficient (Wildman–Crippen LogP) is 5.24. The number of aryl methyl sites for hydroxylation is 1. The van der Waals surface area contributed by atoms with Gasteiger partial charge >= 0.3 is 6.18 Å². The van der Waals surface area contributed by atoms with Crippen molar-refractivity contribution in [1.82, 2.24) is 0 Å². The molecule has 3 nitrogen and oxygen atoms in total. The minimum absolute atomic E-state index is 0.104. The molecule has 2 aromatic rings. The third kappa shape index (κ3) is 5.20. The third-order valence-electron chi connectivity index (χ3n) is 3.51. The van der Waals surface area contributed by atoms with Crippen molar-refractivity contribution in [1.29, 1.82) is 0 Å². The topological polar surface area (TPSA) is 41.5 Å². The molecule has 148 valence electrons. The monoisotopic (exact) mass is 413 g/mol. The van der Waals surface area contributed by atoms with Gasteiger partial charge in [0.15, 0.2) is 17.4 Å². The van der Waals surface area contributed by atoms with Gasteiger partial charge in [-0.25, -0.2) is 13.2 Å². The average Bonchev–Trinajstić information content (AvgIpc) is 2.57. The van der Waals surface area contributed by atoms with E-state index in [1.54, 1.807) is 0 Å². The van der Waals surface area contributed by atoms with Crippen LogP contribution in [0.3, 0.4) is 0 Å². The number of aliphatic hydroxyl groups excluding tert-OH is 1. The van der Waals surface area contributed by atoms with E-state index in [2.05, 4.69) is 5.32 Å². The van der Waals surface area contributed by atoms with Gasteiger partial charge in [-0.3, -0.25) is 0 Å². The van der Waals surface area contributed by atoms with Gasteiger partial charge in [-0.15, -0.1) is 11.6 Å². The van der Waals surface area contributed by atoms with E-state index in [-0.39, 0.29) is 41.6 Å². The van der Waals surface area contributed by atoms with Crippen LogP contribution in [0, 0.1) is 24.4 Å². The maximum Gasteiger partial charge on any atom is 0.416 e. The molecule has 0 saturated heterocycles. The zero-order valence-electron chi connectivity index (χ0n) is 13.8. The first-order valence-corrected chi connectivity index (χ1v) is 8.08. The Bertz CT molecular complexity index is 805. The maximum absolute atomic E-state index is 14.0. The smallest absolute Gasteiger partial charge is 0.416 e. The van der Waals surface area contributed by atoms with Crippen LogP contribution in [0.15, 0.2) is 24.3 Å². The average molecular weight is 414 g/mol. The van der Waals surface area contributed by atoms with E-state index in [1.807, 2.05) is 0 Å². The number of aliphatic hydroxyl groups is 1. The molecule has 0 bridgehead atoms. The Morgan fingerprint density at radius 2 is 1.67 bits per heavy atom. The Balaban J connectivity index is 2.34. The molecule has 1 atom stereocenters. The molecule has 0 aliphatic heterocycles. The molecular weight excluding hydrogens is 400 g/mol. The zero-order chi connectivity index (χ0) is 20.4. The number of alkyl halides is 4. The highest BCUT2D eigenvalue weighted by Gasteiger charge is 2.33. The Kier molecular flexibility index (Phi) is 6.48. The molecule has 0 heterocycles. The quantitative estimate of drug-likeness (QED) is 0.503. The van der Waals surface area contributed by atoms with Gasteiger partial charge in [0.25, 0.3) is 0 Å². The number of anilines is 1. The summed E-state index contributed by atoms with van der Waals surface area (Å²) in [4.78, 5) is 0. The summed E-state index contributed by atoms with van der Waals surface area (Å²) in [6.45, 7) is 1.28. The zero-order valence-corrected chi connectivity index (χ0v) is 14.6. The molecule has 2 rings (SSSR count). The molecule has 0 spiro atoms. The second kappa shape index (κ2) is 8.26. The summed E-state index contributed by atoms with van der Waals surface area (Å²) in [5, 5.41) is 11.9. The second-order valence-corrected chi connectivity index (χ2v) is 5.96. The van der Waals surface area contributed by atoms with Crippen molar-refractivity contribution in [2.75, 3.05) is 17.7 Å². The first kappa shape index (κ1) is 21.2. The molecule has 2 aromatic carbocycles. The number of halogens is 7. The molecule has 0 radical (unpaired) electrons. The van der Waals surface area contributed by atoms with Gasteiger partial charge in [0.1, 0.15) is 11.6 Å². The summed E-state index contributed by atoms with van der Waals surface area (Å²) in [6.07, 6.45) is -5.90. The molecule has 1 unspecified atom stereocenters. The molecule has 0 aliphatic carbocycles. The van der Waals surface area contributed by atoms with Gasteiger partial charge < -0.3 is 15.2 Å². The molecule has 0 saturated carbocycles. The van der Waals surface area contributed by atoms with Crippen LogP contribution in [-0.4, -0.2) is 23.6 Å². The predicted molar refractivity (Wildman–Crippen MR) is 87.8 cm³/mol. The van der Waals surface area contributed by atoms with E-state index in [1.165, 1.54) is 6.92 Å². The molecule has 10 heteroatoms. The summed E-state index contributed by atoms with van der Waals surface area (Å²) >= 11 is 5.43. The van der Waals surface area contributed by atoms with Crippen molar-refractivity contribution in [2.45, 2.75) is 19.2 Å². The standard InChI is InChI=1S/C17H14ClF6NO2/c1-8-2-11(19)14(25-7-10(26)6-18)5-15(8)27-16-12(20)3-9(4-13(16)21)17(22,23)24/h2-5,10,25-26H,6-7H2,1H3. The minimum atomic E-state index is -4.92. The second-order valence-electron chi connectivity index (χ2n) is 5.66. The van der Waals surface area contributed by atoms with Crippen LogP contribution in [0.25, 0.3) is 0 Å². The third-order valence-corrected chi connectivity index (χ3v) is 3.86. The van der Waals surface area contributed by atoms with Crippen molar-refractivity contribution in [3.05, 3.63) is 52.8 Å². The van der Waals surface area contributed by atoms with Gasteiger partial charge in [0.2, 0.25) is 0 Å². The van der Waals surface area contributed by atoms with E-state index >= 15 is 0 Å². The van der Waals surface area contributed by atoms with Crippen molar-refractivity contribution in [3.8, 4) is 11.5 Å². The highest BCUT2D eigenvalue weighted by Crippen LogP contribution is 2.37. The summed E-state index contributed by atoms with van der Waals surface area (Å²) in [5.74, 6) is -5.18. The van der Waals surface area contributed by atoms with Gasteiger partial charge in [0.05, 0.1) is 23.2 Å².